The number of aliphatic carboxylic acids is 1. The van der Waals surface area contributed by atoms with Gasteiger partial charge in [0.15, 0.2) is 0 Å². The predicted molar refractivity (Wildman–Crippen MR) is 99.3 cm³/mol. The van der Waals surface area contributed by atoms with Gasteiger partial charge < -0.3 is 14.6 Å². The molecule has 2 aromatic rings. The van der Waals surface area contributed by atoms with Crippen LogP contribution in [0, 0.1) is 10.1 Å². The molecule has 0 fully saturated rings. The number of nitro groups is 1. The van der Waals surface area contributed by atoms with Gasteiger partial charge in [-0.05, 0) is 36.4 Å². The van der Waals surface area contributed by atoms with Gasteiger partial charge in [0.05, 0.1) is 23.9 Å². The van der Waals surface area contributed by atoms with Crippen LogP contribution in [-0.2, 0) is 4.79 Å². The second-order valence-electron chi connectivity index (χ2n) is 4.93. The van der Waals surface area contributed by atoms with Gasteiger partial charge in [0.2, 0.25) is 5.76 Å². The number of halogens is 1. The molecule has 0 saturated heterocycles. The van der Waals surface area contributed by atoms with Crippen LogP contribution in [-0.4, -0.2) is 29.3 Å². The van der Waals surface area contributed by atoms with E-state index in [4.69, 9.17) is 21.1 Å². The molecule has 2 rings (SSSR count). The first-order chi connectivity index (χ1) is 12.9. The summed E-state index contributed by atoms with van der Waals surface area (Å²) in [5, 5.41) is 23.4. The lowest BCUT2D eigenvalue weighted by atomic mass is 10.3. The van der Waals surface area contributed by atoms with Crippen LogP contribution in [0.2, 0.25) is 0 Å². The number of rotatable bonds is 8. The third-order valence-corrected chi connectivity index (χ3v) is 3.41. The van der Waals surface area contributed by atoms with Crippen LogP contribution in [0.1, 0.15) is 0 Å². The minimum atomic E-state index is -1.38. The van der Waals surface area contributed by atoms with Gasteiger partial charge in [0.1, 0.15) is 16.5 Å². The zero-order chi connectivity index (χ0) is 19.8. The molecule has 0 aliphatic heterocycles. The molecule has 0 heterocycles. The fourth-order valence-corrected chi connectivity index (χ4v) is 2.00. The third kappa shape index (κ3) is 5.72. The number of carbonyl (C=O) groups is 1. The SMILES string of the molecule is COc1ccc(O/C(C(=O)O)=C(Cl)\C=N\Nc2ccc([N+](=O)[O-])cc2)cc1. The summed E-state index contributed by atoms with van der Waals surface area (Å²) in [6.07, 6.45) is 1.05. The molecule has 2 N–H and O–H groups in total. The maximum atomic E-state index is 11.4. The number of nitrogens with zero attached hydrogens (tertiary/aromatic N) is 2. The van der Waals surface area contributed by atoms with E-state index in [2.05, 4.69) is 10.5 Å². The molecule has 0 bridgehead atoms. The van der Waals surface area contributed by atoms with Crippen molar-refractivity contribution in [2.45, 2.75) is 0 Å². The number of methoxy groups -OCH3 is 1. The first-order valence-corrected chi connectivity index (χ1v) is 7.77. The van der Waals surface area contributed by atoms with E-state index in [1.807, 2.05) is 0 Å². The number of hydrogen-bond acceptors (Lipinski definition) is 7. The average molecular weight is 392 g/mol. The quantitative estimate of drug-likeness (QED) is 0.231. The smallest absolute Gasteiger partial charge is 0.373 e. The molecule has 0 atom stereocenters. The van der Waals surface area contributed by atoms with Crippen molar-refractivity contribution < 1.29 is 24.3 Å². The lowest BCUT2D eigenvalue weighted by Crippen LogP contribution is -2.10. The Labute approximate surface area is 158 Å². The summed E-state index contributed by atoms with van der Waals surface area (Å²) in [7, 11) is 1.50. The number of carboxylic acids is 1. The molecule has 0 aliphatic rings. The molecule has 27 heavy (non-hydrogen) atoms. The molecule has 0 amide bonds. The monoisotopic (exact) mass is 391 g/mol. The average Bonchev–Trinajstić information content (AvgIpc) is 2.66. The van der Waals surface area contributed by atoms with Crippen molar-refractivity contribution in [2.24, 2.45) is 5.10 Å². The fraction of sp³-hybridized carbons (Fsp3) is 0.0588. The van der Waals surface area contributed by atoms with E-state index in [1.54, 1.807) is 12.1 Å². The van der Waals surface area contributed by atoms with Crippen LogP contribution in [0.4, 0.5) is 11.4 Å². The van der Waals surface area contributed by atoms with E-state index in [0.717, 1.165) is 6.21 Å². The van der Waals surface area contributed by atoms with Gasteiger partial charge in [-0.3, -0.25) is 15.5 Å². The second-order valence-corrected chi connectivity index (χ2v) is 5.34. The summed E-state index contributed by atoms with van der Waals surface area (Å²) in [6.45, 7) is 0. The lowest BCUT2D eigenvalue weighted by Gasteiger charge is -2.08. The second kappa shape index (κ2) is 9.20. The Hall–Kier alpha value is -3.59. The highest BCUT2D eigenvalue weighted by Crippen LogP contribution is 2.21. The number of nitrogens with one attached hydrogen (secondary N) is 1. The Bertz CT molecular complexity index is 879. The van der Waals surface area contributed by atoms with Gasteiger partial charge in [-0.25, -0.2) is 4.79 Å². The number of nitro benzene ring substituents is 1. The molecule has 0 radical (unpaired) electrons. The van der Waals surface area contributed by atoms with Gasteiger partial charge in [-0.15, -0.1) is 0 Å². The summed E-state index contributed by atoms with van der Waals surface area (Å²) < 4.78 is 10.3. The molecular formula is C17H14ClN3O6. The zero-order valence-electron chi connectivity index (χ0n) is 14.0. The normalized spacial score (nSPS) is 11.6. The van der Waals surface area contributed by atoms with Crippen molar-refractivity contribution in [3.8, 4) is 11.5 Å². The Morgan fingerprint density at radius 3 is 2.30 bits per heavy atom. The van der Waals surface area contributed by atoms with E-state index < -0.39 is 16.7 Å². The minimum absolute atomic E-state index is 0.0662. The Kier molecular flexibility index (Phi) is 6.73. The summed E-state index contributed by atoms with van der Waals surface area (Å²) in [6, 6.07) is 11.7. The topological polar surface area (TPSA) is 123 Å². The van der Waals surface area contributed by atoms with Crippen LogP contribution >= 0.6 is 11.6 Å². The summed E-state index contributed by atoms with van der Waals surface area (Å²) in [5.41, 5.74) is 2.96. The predicted octanol–water partition coefficient (Wildman–Crippen LogP) is 3.62. The standard InChI is InChI=1S/C17H14ClN3O6/c1-26-13-6-8-14(9-7-13)27-16(17(22)23)15(18)10-19-20-11-2-4-12(5-3-11)21(24)25/h2-10,20H,1H3,(H,22,23)/b16-15+,19-10+. The van der Waals surface area contributed by atoms with Crippen LogP contribution < -0.4 is 14.9 Å². The molecule has 0 spiro atoms. The van der Waals surface area contributed by atoms with Crippen molar-refractivity contribution in [3.05, 3.63) is 69.4 Å². The Balaban J connectivity index is 2.09. The molecule has 140 valence electrons. The van der Waals surface area contributed by atoms with Crippen molar-refractivity contribution >= 4 is 35.2 Å². The first-order valence-electron chi connectivity index (χ1n) is 7.39. The van der Waals surface area contributed by atoms with E-state index in [1.165, 1.54) is 43.5 Å². The number of carboxylic acid groups (broad SMARTS) is 1. The number of benzene rings is 2. The zero-order valence-corrected chi connectivity index (χ0v) is 14.7. The van der Waals surface area contributed by atoms with Crippen molar-refractivity contribution in [3.63, 3.8) is 0 Å². The Morgan fingerprint density at radius 1 is 1.19 bits per heavy atom. The summed E-state index contributed by atoms with van der Waals surface area (Å²) >= 11 is 5.95. The lowest BCUT2D eigenvalue weighted by molar-refractivity contribution is -0.384. The molecule has 9 nitrogen and oxygen atoms in total. The number of non-ortho nitro benzene ring substituents is 1. The van der Waals surface area contributed by atoms with E-state index >= 15 is 0 Å². The highest BCUT2D eigenvalue weighted by atomic mass is 35.5. The molecule has 0 aliphatic carbocycles. The molecule has 2 aromatic carbocycles. The third-order valence-electron chi connectivity index (χ3n) is 3.14. The van der Waals surface area contributed by atoms with Gasteiger partial charge >= 0.3 is 5.97 Å². The summed E-state index contributed by atoms with van der Waals surface area (Å²) in [5.74, 6) is -1.06. The number of hydrogen-bond donors (Lipinski definition) is 2. The highest BCUT2D eigenvalue weighted by Gasteiger charge is 2.15. The molecule has 0 saturated carbocycles. The largest absolute Gasteiger partial charge is 0.497 e. The molecule has 10 heteroatoms. The maximum Gasteiger partial charge on any atom is 0.373 e. The molecular weight excluding hydrogens is 378 g/mol. The van der Waals surface area contributed by atoms with Crippen molar-refractivity contribution in [1.29, 1.82) is 0 Å². The van der Waals surface area contributed by atoms with Crippen LogP contribution in [0.25, 0.3) is 0 Å². The van der Waals surface area contributed by atoms with Crippen molar-refractivity contribution in [2.75, 3.05) is 12.5 Å². The van der Waals surface area contributed by atoms with Crippen LogP contribution in [0.3, 0.4) is 0 Å². The van der Waals surface area contributed by atoms with Crippen LogP contribution in [0.5, 0.6) is 11.5 Å². The van der Waals surface area contributed by atoms with Gasteiger partial charge in [0, 0.05) is 12.1 Å². The van der Waals surface area contributed by atoms with Crippen molar-refractivity contribution in [1.82, 2.24) is 0 Å². The maximum absolute atomic E-state index is 11.4. The van der Waals surface area contributed by atoms with E-state index in [0.29, 0.717) is 11.4 Å². The highest BCUT2D eigenvalue weighted by molar-refractivity contribution is 6.41. The van der Waals surface area contributed by atoms with E-state index in [-0.39, 0.29) is 16.5 Å². The fourth-order valence-electron chi connectivity index (χ4n) is 1.84. The Morgan fingerprint density at radius 2 is 1.78 bits per heavy atom. The van der Waals surface area contributed by atoms with Crippen LogP contribution in [0.15, 0.2) is 64.4 Å². The number of hydrazone groups is 1. The van der Waals surface area contributed by atoms with Gasteiger partial charge in [-0.1, -0.05) is 11.6 Å². The van der Waals surface area contributed by atoms with E-state index in [9.17, 15) is 20.0 Å². The molecule has 0 aromatic heterocycles. The number of anilines is 1. The summed E-state index contributed by atoms with van der Waals surface area (Å²) in [4.78, 5) is 21.4. The molecule has 0 unspecified atom stereocenters. The number of allylic oxidation sites excluding steroid dienone is 1. The first kappa shape index (κ1) is 19.7. The van der Waals surface area contributed by atoms with Gasteiger partial charge in [-0.2, -0.15) is 5.10 Å². The van der Waals surface area contributed by atoms with Gasteiger partial charge in [0.25, 0.3) is 5.69 Å². The minimum Gasteiger partial charge on any atom is -0.497 e. The number of ether oxygens (including phenoxy) is 2.